The lowest BCUT2D eigenvalue weighted by Crippen LogP contribution is -2.45. The predicted molar refractivity (Wildman–Crippen MR) is 50.0 cm³/mol. The number of carbonyl (C=O) groups is 1. The first-order chi connectivity index (χ1) is 6.31. The number of hydrogen-bond acceptors (Lipinski definition) is 3. The second-order valence-electron chi connectivity index (χ2n) is 3.07. The van der Waals surface area contributed by atoms with E-state index < -0.39 is 0 Å². The maximum Gasteiger partial charge on any atom is 0.249 e. The Hall–Kier alpha value is -1.42. The van der Waals surface area contributed by atoms with Gasteiger partial charge in [-0.05, 0) is 12.2 Å². The van der Waals surface area contributed by atoms with Crippen molar-refractivity contribution >= 4 is 11.7 Å². The maximum absolute atomic E-state index is 11.2. The lowest BCUT2D eigenvalue weighted by Gasteiger charge is -2.32. The zero-order valence-electron chi connectivity index (χ0n) is 7.18. The van der Waals surface area contributed by atoms with Gasteiger partial charge in [0.1, 0.15) is 5.84 Å². The van der Waals surface area contributed by atoms with Gasteiger partial charge >= 0.3 is 0 Å². The van der Waals surface area contributed by atoms with Gasteiger partial charge in [-0.2, -0.15) is 4.99 Å². The molecule has 0 saturated heterocycles. The van der Waals surface area contributed by atoms with Crippen LogP contribution in [0.2, 0.25) is 0 Å². The highest BCUT2D eigenvalue weighted by Gasteiger charge is 2.26. The minimum atomic E-state index is -0.0818. The largest absolute Gasteiger partial charge is 0.328 e. The molecular weight excluding hydrogens is 166 g/mol. The van der Waals surface area contributed by atoms with Crippen LogP contribution in [-0.2, 0) is 4.79 Å². The van der Waals surface area contributed by atoms with Crippen LogP contribution in [0.15, 0.2) is 29.4 Å². The molecule has 1 amide bonds. The molecule has 0 saturated carbocycles. The van der Waals surface area contributed by atoms with E-state index in [4.69, 9.17) is 5.73 Å². The van der Waals surface area contributed by atoms with E-state index in [0.717, 1.165) is 0 Å². The molecule has 2 rings (SSSR count). The summed E-state index contributed by atoms with van der Waals surface area (Å²) in [7, 11) is 0. The molecule has 0 aromatic rings. The predicted octanol–water partition coefficient (Wildman–Crippen LogP) is 0.0280. The number of nitrogens with zero attached hydrogens (tertiary/aromatic N) is 2. The quantitative estimate of drug-likeness (QED) is 0.614. The van der Waals surface area contributed by atoms with Gasteiger partial charge in [0.2, 0.25) is 5.91 Å². The topological polar surface area (TPSA) is 58.7 Å². The monoisotopic (exact) mass is 177 g/mol. The van der Waals surface area contributed by atoms with Crippen molar-refractivity contribution in [2.24, 2.45) is 10.7 Å². The van der Waals surface area contributed by atoms with Gasteiger partial charge in [0.25, 0.3) is 0 Å². The third-order valence-corrected chi connectivity index (χ3v) is 2.18. The molecule has 2 aliphatic rings. The van der Waals surface area contributed by atoms with Crippen molar-refractivity contribution in [1.82, 2.24) is 4.90 Å². The number of hydrogen-bond donors (Lipinski definition) is 1. The highest BCUT2D eigenvalue weighted by Crippen LogP contribution is 2.16. The van der Waals surface area contributed by atoms with Gasteiger partial charge in [-0.15, -0.1) is 0 Å². The number of carbonyl (C=O) groups excluding carboxylic acids is 1. The summed E-state index contributed by atoms with van der Waals surface area (Å²) in [6, 6.07) is 0.0706. The molecular formula is C9H11N3O. The fourth-order valence-corrected chi connectivity index (χ4v) is 1.52. The van der Waals surface area contributed by atoms with Gasteiger partial charge < -0.3 is 10.6 Å². The molecule has 13 heavy (non-hydrogen) atoms. The summed E-state index contributed by atoms with van der Waals surface area (Å²) in [5, 5.41) is 0. The lowest BCUT2D eigenvalue weighted by molar-refractivity contribution is -0.119. The number of fused-ring (bicyclic) bond motifs is 1. The van der Waals surface area contributed by atoms with Crippen LogP contribution in [0.25, 0.3) is 0 Å². The average Bonchev–Trinajstić information content (AvgIpc) is 2.16. The molecule has 2 N–H and O–H groups in total. The Morgan fingerprint density at radius 2 is 2.46 bits per heavy atom. The van der Waals surface area contributed by atoms with Gasteiger partial charge in [-0.3, -0.25) is 4.79 Å². The van der Waals surface area contributed by atoms with E-state index in [-0.39, 0.29) is 11.9 Å². The van der Waals surface area contributed by atoms with Crippen LogP contribution in [-0.4, -0.2) is 29.2 Å². The first kappa shape index (κ1) is 8.19. The fraction of sp³-hybridized carbons (Fsp3) is 0.333. The number of amides is 1. The van der Waals surface area contributed by atoms with E-state index in [1.807, 2.05) is 29.3 Å². The Morgan fingerprint density at radius 3 is 3.23 bits per heavy atom. The Morgan fingerprint density at radius 1 is 1.62 bits per heavy atom. The summed E-state index contributed by atoms with van der Waals surface area (Å²) in [5.41, 5.74) is 5.57. The second-order valence-corrected chi connectivity index (χ2v) is 3.07. The number of amidine groups is 1. The van der Waals surface area contributed by atoms with Crippen LogP contribution in [0.4, 0.5) is 0 Å². The maximum atomic E-state index is 11.2. The number of nitrogens with two attached hydrogens (primary N) is 1. The molecule has 0 bridgehead atoms. The summed E-state index contributed by atoms with van der Waals surface area (Å²) in [4.78, 5) is 17.0. The molecule has 0 spiro atoms. The Bertz CT molecular complexity index is 317. The number of allylic oxidation sites excluding steroid dienone is 2. The van der Waals surface area contributed by atoms with E-state index in [1.54, 1.807) is 0 Å². The van der Waals surface area contributed by atoms with E-state index in [1.165, 1.54) is 0 Å². The normalized spacial score (nSPS) is 25.9. The molecule has 4 nitrogen and oxygen atoms in total. The molecule has 2 heterocycles. The summed E-state index contributed by atoms with van der Waals surface area (Å²) >= 11 is 0. The van der Waals surface area contributed by atoms with Crippen molar-refractivity contribution in [1.29, 1.82) is 0 Å². The third-order valence-electron chi connectivity index (χ3n) is 2.18. The van der Waals surface area contributed by atoms with Gasteiger partial charge in [0.15, 0.2) is 0 Å². The summed E-state index contributed by atoms with van der Waals surface area (Å²) in [5.74, 6) is 0.621. The molecule has 0 aromatic carbocycles. The van der Waals surface area contributed by atoms with Crippen LogP contribution < -0.4 is 5.73 Å². The smallest absolute Gasteiger partial charge is 0.249 e. The van der Waals surface area contributed by atoms with Crippen LogP contribution >= 0.6 is 0 Å². The minimum absolute atomic E-state index is 0.0706. The molecule has 4 heteroatoms. The van der Waals surface area contributed by atoms with Crippen molar-refractivity contribution in [2.75, 3.05) is 6.54 Å². The van der Waals surface area contributed by atoms with Crippen molar-refractivity contribution in [3.63, 3.8) is 0 Å². The molecule has 2 aliphatic heterocycles. The highest BCUT2D eigenvalue weighted by molar-refractivity contribution is 6.04. The van der Waals surface area contributed by atoms with Gasteiger partial charge in [-0.25, -0.2) is 0 Å². The first-order valence-corrected chi connectivity index (χ1v) is 4.26. The molecule has 1 unspecified atom stereocenters. The number of rotatable bonds is 1. The van der Waals surface area contributed by atoms with Gasteiger partial charge in [0, 0.05) is 12.7 Å². The summed E-state index contributed by atoms with van der Waals surface area (Å²) in [6.45, 7) is 0.475. The molecule has 0 fully saturated rings. The standard InChI is InChI=1S/C9H11N3O/c10-6-7-5-9(13)11-8-3-1-2-4-12(7)8/h1-4,7H,5-6,10H2. The van der Waals surface area contributed by atoms with Gasteiger partial charge in [-0.1, -0.05) is 6.08 Å². The second kappa shape index (κ2) is 3.14. The summed E-state index contributed by atoms with van der Waals surface area (Å²) < 4.78 is 0. The lowest BCUT2D eigenvalue weighted by atomic mass is 10.1. The Kier molecular flexibility index (Phi) is 1.98. The third kappa shape index (κ3) is 1.40. The Labute approximate surface area is 76.4 Å². The zero-order chi connectivity index (χ0) is 9.26. The van der Waals surface area contributed by atoms with E-state index in [2.05, 4.69) is 4.99 Å². The average molecular weight is 177 g/mol. The van der Waals surface area contributed by atoms with E-state index in [0.29, 0.717) is 18.8 Å². The van der Waals surface area contributed by atoms with E-state index in [9.17, 15) is 4.79 Å². The van der Waals surface area contributed by atoms with Crippen LogP contribution in [0, 0.1) is 0 Å². The first-order valence-electron chi connectivity index (χ1n) is 4.26. The highest BCUT2D eigenvalue weighted by atomic mass is 16.1. The molecule has 68 valence electrons. The molecule has 0 aromatic heterocycles. The fourth-order valence-electron chi connectivity index (χ4n) is 1.52. The van der Waals surface area contributed by atoms with Crippen molar-refractivity contribution in [3.05, 3.63) is 24.4 Å². The summed E-state index contributed by atoms with van der Waals surface area (Å²) in [6.07, 6.45) is 7.92. The molecule has 0 radical (unpaired) electrons. The van der Waals surface area contributed by atoms with Crippen LogP contribution in [0.3, 0.4) is 0 Å². The van der Waals surface area contributed by atoms with Crippen molar-refractivity contribution < 1.29 is 4.79 Å². The molecule has 1 atom stereocenters. The van der Waals surface area contributed by atoms with Crippen molar-refractivity contribution in [2.45, 2.75) is 12.5 Å². The van der Waals surface area contributed by atoms with E-state index >= 15 is 0 Å². The molecule has 0 aliphatic carbocycles. The number of aliphatic imine (C=N–C) groups is 1. The Balaban J connectivity index is 2.32. The zero-order valence-corrected chi connectivity index (χ0v) is 7.18. The van der Waals surface area contributed by atoms with Crippen molar-refractivity contribution in [3.8, 4) is 0 Å². The van der Waals surface area contributed by atoms with Crippen LogP contribution in [0.5, 0.6) is 0 Å². The SMILES string of the molecule is NCC1CC(=O)N=C2C=CC=CN21. The van der Waals surface area contributed by atoms with Gasteiger partial charge in [0.05, 0.1) is 12.5 Å². The van der Waals surface area contributed by atoms with Crippen LogP contribution in [0.1, 0.15) is 6.42 Å². The minimum Gasteiger partial charge on any atom is -0.328 e.